The molecule has 4 N–H and O–H groups in total. The summed E-state index contributed by atoms with van der Waals surface area (Å²) in [6.45, 7) is -0.120. The van der Waals surface area contributed by atoms with Gasteiger partial charge < -0.3 is 15.0 Å². The maximum absolute atomic E-state index is 11.9. The number of primary sulfonamides is 1. The summed E-state index contributed by atoms with van der Waals surface area (Å²) >= 11 is 0. The van der Waals surface area contributed by atoms with E-state index in [1.807, 2.05) is 0 Å². The number of nitrogens with zero attached hydrogens (tertiary/aromatic N) is 1. The van der Waals surface area contributed by atoms with Gasteiger partial charge >= 0.3 is 0 Å². The van der Waals surface area contributed by atoms with E-state index in [2.05, 4.69) is 5.32 Å². The van der Waals surface area contributed by atoms with Crippen molar-refractivity contribution in [1.82, 2.24) is 9.88 Å². The summed E-state index contributed by atoms with van der Waals surface area (Å²) in [5, 5.41) is 16.8. The Morgan fingerprint density at radius 2 is 2.22 bits per heavy atom. The monoisotopic (exact) mass is 273 g/mol. The van der Waals surface area contributed by atoms with Crippen molar-refractivity contribution < 1.29 is 18.3 Å². The average molecular weight is 273 g/mol. The van der Waals surface area contributed by atoms with Gasteiger partial charge in [-0.05, 0) is 18.9 Å². The van der Waals surface area contributed by atoms with Crippen LogP contribution < -0.4 is 10.5 Å². The molecule has 0 aromatic carbocycles. The average Bonchev–Trinajstić information content (AvgIpc) is 2.91. The molecule has 18 heavy (non-hydrogen) atoms. The number of carbonyl (C=O) groups excluding carboxylic acids is 1. The van der Waals surface area contributed by atoms with Crippen molar-refractivity contribution in [2.45, 2.75) is 23.3 Å². The molecule has 1 aliphatic carbocycles. The number of rotatable bonds is 4. The summed E-state index contributed by atoms with van der Waals surface area (Å²) in [6.07, 6.45) is 2.73. The summed E-state index contributed by atoms with van der Waals surface area (Å²) in [4.78, 5) is 11.8. The lowest BCUT2D eigenvalue weighted by Gasteiger charge is -2.14. The molecule has 2 rings (SSSR count). The fraction of sp³-hybridized carbons (Fsp3) is 0.500. The first kappa shape index (κ1) is 13.1. The van der Waals surface area contributed by atoms with Gasteiger partial charge in [0.25, 0.3) is 5.91 Å². The van der Waals surface area contributed by atoms with E-state index in [1.165, 1.54) is 16.8 Å². The minimum absolute atomic E-state index is 0.107. The van der Waals surface area contributed by atoms with Gasteiger partial charge in [-0.1, -0.05) is 0 Å². The molecule has 1 heterocycles. The van der Waals surface area contributed by atoms with Crippen LogP contribution in [0.5, 0.6) is 0 Å². The van der Waals surface area contributed by atoms with Crippen LogP contribution in [0.1, 0.15) is 23.3 Å². The lowest BCUT2D eigenvalue weighted by atomic mass is 10.2. The van der Waals surface area contributed by atoms with Crippen molar-refractivity contribution in [2.24, 2.45) is 12.2 Å². The SMILES string of the molecule is Cn1cc(S(N)(=O)=O)cc1C(=O)NC1(CO)CC1. The number of aliphatic hydroxyl groups excluding tert-OH is 1. The number of amides is 1. The number of carbonyl (C=O) groups is 1. The van der Waals surface area contributed by atoms with E-state index in [9.17, 15) is 13.2 Å². The van der Waals surface area contributed by atoms with E-state index in [4.69, 9.17) is 10.2 Å². The minimum atomic E-state index is -3.82. The number of hydrogen-bond acceptors (Lipinski definition) is 4. The zero-order chi connectivity index (χ0) is 13.6. The van der Waals surface area contributed by atoms with Gasteiger partial charge in [0.05, 0.1) is 12.1 Å². The molecule has 1 amide bonds. The Hall–Kier alpha value is -1.38. The maximum atomic E-state index is 11.9. The highest BCUT2D eigenvalue weighted by atomic mass is 32.2. The first-order valence-corrected chi connectivity index (χ1v) is 6.95. The largest absolute Gasteiger partial charge is 0.394 e. The zero-order valence-corrected chi connectivity index (χ0v) is 10.7. The second-order valence-corrected chi connectivity index (χ2v) is 6.17. The lowest BCUT2D eigenvalue weighted by Crippen LogP contribution is -2.40. The summed E-state index contributed by atoms with van der Waals surface area (Å²) in [5.74, 6) is -0.418. The van der Waals surface area contributed by atoms with Gasteiger partial charge in [0.15, 0.2) is 0 Å². The van der Waals surface area contributed by atoms with Gasteiger partial charge in [-0.25, -0.2) is 13.6 Å². The molecule has 100 valence electrons. The van der Waals surface area contributed by atoms with Gasteiger partial charge in [0.1, 0.15) is 10.6 Å². The summed E-state index contributed by atoms with van der Waals surface area (Å²) in [6, 6.07) is 1.22. The van der Waals surface area contributed by atoms with Crippen LogP contribution in [-0.2, 0) is 17.1 Å². The maximum Gasteiger partial charge on any atom is 0.268 e. The van der Waals surface area contributed by atoms with Crippen molar-refractivity contribution in [1.29, 1.82) is 0 Å². The fourth-order valence-electron chi connectivity index (χ4n) is 1.69. The highest BCUT2D eigenvalue weighted by molar-refractivity contribution is 7.89. The first-order valence-electron chi connectivity index (χ1n) is 5.40. The molecule has 0 radical (unpaired) electrons. The van der Waals surface area contributed by atoms with Crippen molar-refractivity contribution in [3.8, 4) is 0 Å². The number of nitrogens with one attached hydrogen (secondary N) is 1. The number of aliphatic hydroxyl groups is 1. The summed E-state index contributed by atoms with van der Waals surface area (Å²) < 4.78 is 23.7. The Balaban J connectivity index is 2.24. The quantitative estimate of drug-likeness (QED) is 0.647. The van der Waals surface area contributed by atoms with E-state index >= 15 is 0 Å². The molecule has 0 bridgehead atoms. The molecular weight excluding hydrogens is 258 g/mol. The Bertz CT molecular complexity index is 586. The number of nitrogens with two attached hydrogens (primary N) is 1. The second-order valence-electron chi connectivity index (χ2n) is 4.61. The van der Waals surface area contributed by atoms with Gasteiger partial charge in [0, 0.05) is 13.2 Å². The molecule has 1 aromatic rings. The van der Waals surface area contributed by atoms with Crippen LogP contribution in [0.25, 0.3) is 0 Å². The number of aromatic nitrogens is 1. The normalized spacial score (nSPS) is 17.5. The van der Waals surface area contributed by atoms with E-state index in [0.29, 0.717) is 0 Å². The summed E-state index contributed by atoms with van der Waals surface area (Å²) in [7, 11) is -2.26. The van der Waals surface area contributed by atoms with Crippen LogP contribution in [0, 0.1) is 0 Å². The molecule has 7 nitrogen and oxygen atoms in total. The van der Waals surface area contributed by atoms with Crippen LogP contribution >= 0.6 is 0 Å². The van der Waals surface area contributed by atoms with Crippen LogP contribution in [0.15, 0.2) is 17.2 Å². The van der Waals surface area contributed by atoms with Gasteiger partial charge in [-0.3, -0.25) is 4.79 Å². The topological polar surface area (TPSA) is 114 Å². The second kappa shape index (κ2) is 4.08. The third-order valence-corrected chi connectivity index (χ3v) is 3.96. The molecule has 1 aromatic heterocycles. The van der Waals surface area contributed by atoms with Gasteiger partial charge in [0.2, 0.25) is 10.0 Å². The number of sulfonamides is 1. The molecular formula is C10H15N3O4S. The number of hydrogen-bond donors (Lipinski definition) is 3. The Labute approximate surface area is 105 Å². The minimum Gasteiger partial charge on any atom is -0.394 e. The Kier molecular flexibility index (Phi) is 2.96. The fourth-order valence-corrected chi connectivity index (χ4v) is 2.27. The first-order chi connectivity index (χ1) is 8.27. The predicted molar refractivity (Wildman–Crippen MR) is 63.3 cm³/mol. The molecule has 1 aliphatic rings. The highest BCUT2D eigenvalue weighted by Crippen LogP contribution is 2.34. The molecule has 0 saturated heterocycles. The van der Waals surface area contributed by atoms with E-state index < -0.39 is 21.5 Å². The number of aryl methyl sites for hydroxylation is 1. The van der Waals surface area contributed by atoms with E-state index in [-0.39, 0.29) is 17.2 Å². The Morgan fingerprint density at radius 1 is 1.61 bits per heavy atom. The van der Waals surface area contributed by atoms with Crippen molar-refractivity contribution in [2.75, 3.05) is 6.61 Å². The van der Waals surface area contributed by atoms with E-state index in [1.54, 1.807) is 7.05 Å². The van der Waals surface area contributed by atoms with Crippen LogP contribution in [0.4, 0.5) is 0 Å². The predicted octanol–water partition coefficient (Wildman–Crippen LogP) is -1.07. The van der Waals surface area contributed by atoms with Crippen molar-refractivity contribution in [3.05, 3.63) is 18.0 Å². The highest BCUT2D eigenvalue weighted by Gasteiger charge is 2.43. The smallest absolute Gasteiger partial charge is 0.268 e. The van der Waals surface area contributed by atoms with Crippen molar-refractivity contribution in [3.63, 3.8) is 0 Å². The van der Waals surface area contributed by atoms with Crippen LogP contribution in [0.2, 0.25) is 0 Å². The molecule has 0 aliphatic heterocycles. The van der Waals surface area contributed by atoms with Crippen LogP contribution in [-0.4, -0.2) is 36.1 Å². The van der Waals surface area contributed by atoms with Crippen LogP contribution in [0.3, 0.4) is 0 Å². The molecule has 0 unspecified atom stereocenters. The molecule has 0 atom stereocenters. The molecule has 0 spiro atoms. The summed E-state index contributed by atoms with van der Waals surface area (Å²) in [5.41, 5.74) is -0.345. The van der Waals surface area contributed by atoms with Gasteiger partial charge in [-0.15, -0.1) is 0 Å². The Morgan fingerprint density at radius 3 is 2.61 bits per heavy atom. The standard InChI is InChI=1S/C10H15N3O4S/c1-13-5-7(18(11,16)17)4-8(13)9(15)12-10(6-14)2-3-10/h4-5,14H,2-3,6H2,1H3,(H,12,15)(H2,11,16,17). The van der Waals surface area contributed by atoms with E-state index in [0.717, 1.165) is 12.8 Å². The molecule has 1 saturated carbocycles. The molecule has 1 fully saturated rings. The zero-order valence-electron chi connectivity index (χ0n) is 9.88. The molecule has 8 heteroatoms. The lowest BCUT2D eigenvalue weighted by molar-refractivity contribution is 0.0898. The third kappa shape index (κ3) is 2.40. The third-order valence-electron chi connectivity index (χ3n) is 3.08. The van der Waals surface area contributed by atoms with Crippen molar-refractivity contribution >= 4 is 15.9 Å². The van der Waals surface area contributed by atoms with Gasteiger partial charge in [-0.2, -0.15) is 0 Å².